The van der Waals surface area contributed by atoms with Gasteiger partial charge in [-0.05, 0) is 25.2 Å². The topological polar surface area (TPSA) is 25.2 Å². The van der Waals surface area contributed by atoms with Gasteiger partial charge in [-0.15, -0.1) is 0 Å². The zero-order chi connectivity index (χ0) is 14.2. The summed E-state index contributed by atoms with van der Waals surface area (Å²) in [5.41, 5.74) is 2.06. The summed E-state index contributed by atoms with van der Waals surface area (Å²) in [6, 6.07) is 20.3. The van der Waals surface area contributed by atoms with Crippen molar-refractivity contribution in [2.24, 2.45) is 0 Å². The zero-order valence-corrected chi connectivity index (χ0v) is 12.1. The molecule has 1 N–H and O–H groups in total. The first-order chi connectivity index (χ1) is 9.85. The lowest BCUT2D eigenvalue weighted by Crippen LogP contribution is -2.09. The smallest absolute Gasteiger partial charge is 0.135 e. The highest BCUT2D eigenvalue weighted by molar-refractivity contribution is 5.82. The molecule has 1 aromatic heterocycles. The molecular formula is C18H21NO. The van der Waals surface area contributed by atoms with Crippen LogP contribution in [0, 0.1) is 0 Å². The molecule has 0 amide bonds. The van der Waals surface area contributed by atoms with Gasteiger partial charge < -0.3 is 9.73 Å². The van der Waals surface area contributed by atoms with Gasteiger partial charge in [0.2, 0.25) is 0 Å². The Bertz CT molecular complexity index is 593. The second-order valence-electron chi connectivity index (χ2n) is 4.47. The van der Waals surface area contributed by atoms with E-state index in [-0.39, 0.29) is 0 Å². The number of rotatable bonds is 3. The Kier molecular flexibility index (Phi) is 5.39. The molecule has 0 aliphatic rings. The van der Waals surface area contributed by atoms with Gasteiger partial charge in [0.25, 0.3) is 0 Å². The van der Waals surface area contributed by atoms with E-state index in [1.165, 1.54) is 0 Å². The number of para-hydroxylation sites is 1. The summed E-state index contributed by atoms with van der Waals surface area (Å²) in [5, 5.41) is 4.26. The summed E-state index contributed by atoms with van der Waals surface area (Å²) in [5.74, 6) is 0.928. The molecule has 20 heavy (non-hydrogen) atoms. The van der Waals surface area contributed by atoms with Gasteiger partial charge >= 0.3 is 0 Å². The normalized spacial score (nSPS) is 10.1. The van der Waals surface area contributed by atoms with Crippen LogP contribution in [0.25, 0.3) is 22.3 Å². The summed E-state index contributed by atoms with van der Waals surface area (Å²) < 4.78 is 5.75. The number of fused-ring (bicyclic) bond motifs is 1. The van der Waals surface area contributed by atoms with Gasteiger partial charge in [-0.1, -0.05) is 62.4 Å². The lowest BCUT2D eigenvalue weighted by molar-refractivity contribution is 0.631. The van der Waals surface area contributed by atoms with Crippen molar-refractivity contribution in [3.63, 3.8) is 0 Å². The molecule has 2 heteroatoms. The van der Waals surface area contributed by atoms with Gasteiger partial charge in [-0.25, -0.2) is 0 Å². The maximum atomic E-state index is 5.75. The molecule has 104 valence electrons. The summed E-state index contributed by atoms with van der Waals surface area (Å²) in [6.07, 6.45) is 0. The van der Waals surface area contributed by atoms with Gasteiger partial charge in [-0.2, -0.15) is 0 Å². The second kappa shape index (κ2) is 7.51. The van der Waals surface area contributed by atoms with E-state index in [1.807, 2.05) is 36.4 Å². The van der Waals surface area contributed by atoms with Crippen molar-refractivity contribution in [3.8, 4) is 11.3 Å². The van der Waals surface area contributed by atoms with E-state index < -0.39 is 0 Å². The Morgan fingerprint density at radius 2 is 1.50 bits per heavy atom. The standard InChI is InChI=1S/C14H10O.C4H11N/c1-2-6-11(7-3-1)14-10-12-8-4-5-9-13(12)15-14;1-3-5-4-2/h1-10H;5H,3-4H2,1-2H3. The van der Waals surface area contributed by atoms with E-state index in [0.29, 0.717) is 0 Å². The molecule has 0 aliphatic heterocycles. The van der Waals surface area contributed by atoms with Crippen molar-refractivity contribution in [2.45, 2.75) is 13.8 Å². The fraction of sp³-hybridized carbons (Fsp3) is 0.222. The van der Waals surface area contributed by atoms with Crippen LogP contribution in [-0.2, 0) is 0 Å². The summed E-state index contributed by atoms with van der Waals surface area (Å²) >= 11 is 0. The van der Waals surface area contributed by atoms with Gasteiger partial charge in [0.1, 0.15) is 11.3 Å². The fourth-order valence-corrected chi connectivity index (χ4v) is 1.98. The van der Waals surface area contributed by atoms with E-state index >= 15 is 0 Å². The lowest BCUT2D eigenvalue weighted by Gasteiger charge is -1.93. The van der Waals surface area contributed by atoms with Gasteiger partial charge in [-0.3, -0.25) is 0 Å². The SMILES string of the molecule is CCNCC.c1ccc(-c2cc3ccccc3o2)cc1. The van der Waals surface area contributed by atoms with Crippen LogP contribution < -0.4 is 5.32 Å². The van der Waals surface area contributed by atoms with Crippen LogP contribution in [0.15, 0.2) is 65.1 Å². The summed E-state index contributed by atoms with van der Waals surface area (Å²) in [7, 11) is 0. The molecule has 0 saturated carbocycles. The average molecular weight is 267 g/mol. The maximum absolute atomic E-state index is 5.75. The van der Waals surface area contributed by atoms with Gasteiger partial charge in [0.05, 0.1) is 0 Å². The molecule has 0 spiro atoms. The highest BCUT2D eigenvalue weighted by Crippen LogP contribution is 2.27. The number of furan rings is 1. The van der Waals surface area contributed by atoms with Crippen molar-refractivity contribution < 1.29 is 4.42 Å². The van der Waals surface area contributed by atoms with Crippen LogP contribution in [0.2, 0.25) is 0 Å². The van der Waals surface area contributed by atoms with E-state index in [9.17, 15) is 0 Å². The predicted molar refractivity (Wildman–Crippen MR) is 85.9 cm³/mol. The van der Waals surface area contributed by atoms with Crippen molar-refractivity contribution >= 4 is 11.0 Å². The third-order valence-electron chi connectivity index (χ3n) is 2.98. The molecule has 0 radical (unpaired) electrons. The molecule has 2 aromatic carbocycles. The molecule has 3 rings (SSSR count). The Morgan fingerprint density at radius 1 is 0.850 bits per heavy atom. The first-order valence-electron chi connectivity index (χ1n) is 7.09. The molecule has 2 nitrogen and oxygen atoms in total. The highest BCUT2D eigenvalue weighted by Gasteiger charge is 2.03. The number of hydrogen-bond acceptors (Lipinski definition) is 2. The van der Waals surface area contributed by atoms with Crippen molar-refractivity contribution in [3.05, 3.63) is 60.7 Å². The molecule has 0 aliphatic carbocycles. The third kappa shape index (κ3) is 3.72. The van der Waals surface area contributed by atoms with Crippen LogP contribution >= 0.6 is 0 Å². The van der Waals surface area contributed by atoms with E-state index in [4.69, 9.17) is 4.42 Å². The van der Waals surface area contributed by atoms with Crippen molar-refractivity contribution in [2.75, 3.05) is 13.1 Å². The quantitative estimate of drug-likeness (QED) is 0.743. The Labute approximate surface area is 120 Å². The summed E-state index contributed by atoms with van der Waals surface area (Å²) in [4.78, 5) is 0. The Balaban J connectivity index is 0.000000257. The van der Waals surface area contributed by atoms with Crippen LogP contribution in [0.4, 0.5) is 0 Å². The highest BCUT2D eigenvalue weighted by atomic mass is 16.3. The average Bonchev–Trinajstić information content (AvgIpc) is 2.94. The number of nitrogens with one attached hydrogen (secondary N) is 1. The number of hydrogen-bond donors (Lipinski definition) is 1. The number of benzene rings is 2. The minimum absolute atomic E-state index is 0.928. The first kappa shape index (κ1) is 14.4. The molecule has 0 atom stereocenters. The minimum Gasteiger partial charge on any atom is -0.456 e. The lowest BCUT2D eigenvalue weighted by atomic mass is 10.1. The Morgan fingerprint density at radius 3 is 2.10 bits per heavy atom. The molecule has 3 aromatic rings. The second-order valence-corrected chi connectivity index (χ2v) is 4.47. The summed E-state index contributed by atoms with van der Waals surface area (Å²) in [6.45, 7) is 6.39. The molecule has 1 heterocycles. The maximum Gasteiger partial charge on any atom is 0.135 e. The molecular weight excluding hydrogens is 246 g/mol. The molecule has 0 saturated heterocycles. The van der Waals surface area contributed by atoms with Crippen molar-refractivity contribution in [1.29, 1.82) is 0 Å². The fourth-order valence-electron chi connectivity index (χ4n) is 1.98. The molecule has 0 unspecified atom stereocenters. The molecule has 0 bridgehead atoms. The monoisotopic (exact) mass is 267 g/mol. The van der Waals surface area contributed by atoms with E-state index in [0.717, 1.165) is 35.4 Å². The van der Waals surface area contributed by atoms with Crippen LogP contribution in [-0.4, -0.2) is 13.1 Å². The predicted octanol–water partition coefficient (Wildman–Crippen LogP) is 4.72. The zero-order valence-electron chi connectivity index (χ0n) is 12.1. The van der Waals surface area contributed by atoms with Gasteiger partial charge in [0, 0.05) is 10.9 Å². The van der Waals surface area contributed by atoms with Gasteiger partial charge in [0.15, 0.2) is 0 Å². The Hall–Kier alpha value is -2.06. The van der Waals surface area contributed by atoms with E-state index in [1.54, 1.807) is 0 Å². The van der Waals surface area contributed by atoms with Crippen molar-refractivity contribution in [1.82, 2.24) is 5.32 Å². The van der Waals surface area contributed by atoms with Crippen LogP contribution in [0.1, 0.15) is 13.8 Å². The molecule has 0 fully saturated rings. The first-order valence-corrected chi connectivity index (χ1v) is 7.09. The van der Waals surface area contributed by atoms with Crippen LogP contribution in [0.3, 0.4) is 0 Å². The third-order valence-corrected chi connectivity index (χ3v) is 2.98. The largest absolute Gasteiger partial charge is 0.456 e. The van der Waals surface area contributed by atoms with E-state index in [2.05, 4.69) is 43.4 Å². The minimum atomic E-state index is 0.928. The van der Waals surface area contributed by atoms with Crippen LogP contribution in [0.5, 0.6) is 0 Å².